The van der Waals surface area contributed by atoms with Crippen LogP contribution in [0.15, 0.2) is 35.4 Å². The molecule has 2 aromatic heterocycles. The molecule has 0 spiro atoms. The predicted octanol–water partition coefficient (Wildman–Crippen LogP) is 2.99. The number of ether oxygens (including phenoxy) is 1. The van der Waals surface area contributed by atoms with Crippen LogP contribution in [-0.4, -0.2) is 58.0 Å². The number of piperidine rings is 1. The quantitative estimate of drug-likeness (QED) is 0.516. The fourth-order valence-electron chi connectivity index (χ4n) is 4.42. The van der Waals surface area contributed by atoms with Crippen LogP contribution >= 0.6 is 0 Å². The van der Waals surface area contributed by atoms with E-state index in [2.05, 4.69) is 15.3 Å². The van der Waals surface area contributed by atoms with Gasteiger partial charge in [-0.3, -0.25) is 14.4 Å². The summed E-state index contributed by atoms with van der Waals surface area (Å²) in [4.78, 5) is 48.8. The molecule has 0 bridgehead atoms. The average molecular weight is 480 g/mol. The van der Waals surface area contributed by atoms with Crippen molar-refractivity contribution in [2.45, 2.75) is 46.1 Å². The Hall–Kier alpha value is -3.62. The highest BCUT2D eigenvalue weighted by Gasteiger charge is 2.24. The van der Waals surface area contributed by atoms with Crippen molar-refractivity contribution < 1.29 is 14.3 Å². The normalized spacial score (nSPS) is 13.9. The van der Waals surface area contributed by atoms with Crippen LogP contribution in [0.4, 0.5) is 0 Å². The number of carbonyl (C=O) groups is 2. The Balaban J connectivity index is 1.50. The number of aromatic amines is 1. The van der Waals surface area contributed by atoms with Crippen molar-refractivity contribution in [1.29, 1.82) is 0 Å². The number of methoxy groups -OCH3 is 1. The first-order valence-corrected chi connectivity index (χ1v) is 12.2. The molecular weight excluding hydrogens is 446 g/mol. The van der Waals surface area contributed by atoms with Gasteiger partial charge in [-0.25, -0.2) is 4.98 Å². The summed E-state index contributed by atoms with van der Waals surface area (Å²) in [5.74, 6) is 0.966. The fourth-order valence-corrected chi connectivity index (χ4v) is 4.42. The maximum absolute atomic E-state index is 13.2. The molecule has 9 nitrogen and oxygen atoms in total. The van der Waals surface area contributed by atoms with Crippen molar-refractivity contribution in [2.75, 3.05) is 26.7 Å². The zero-order valence-corrected chi connectivity index (χ0v) is 20.6. The molecule has 1 aliphatic heterocycles. The van der Waals surface area contributed by atoms with Crippen LogP contribution in [0.25, 0.3) is 11.0 Å². The lowest BCUT2D eigenvalue weighted by molar-refractivity contribution is 0.0722. The number of amides is 2. The van der Waals surface area contributed by atoms with Gasteiger partial charge in [0, 0.05) is 51.1 Å². The molecule has 0 atom stereocenters. The molecule has 1 aliphatic rings. The highest BCUT2D eigenvalue weighted by Crippen LogP contribution is 2.19. The first kappa shape index (κ1) is 24.5. The Morgan fingerprint density at radius 1 is 1.14 bits per heavy atom. The minimum Gasteiger partial charge on any atom is -0.497 e. The van der Waals surface area contributed by atoms with E-state index in [9.17, 15) is 14.4 Å². The number of aromatic nitrogens is 3. The minimum absolute atomic E-state index is 0.0112. The van der Waals surface area contributed by atoms with Crippen LogP contribution in [0, 0.1) is 5.92 Å². The van der Waals surface area contributed by atoms with E-state index in [-0.39, 0.29) is 23.0 Å². The molecular formula is C26H33N5O4. The van der Waals surface area contributed by atoms with E-state index in [1.807, 2.05) is 32.0 Å². The summed E-state index contributed by atoms with van der Waals surface area (Å²) < 4.78 is 7.02. The average Bonchev–Trinajstić information content (AvgIpc) is 3.26. The lowest BCUT2D eigenvalue weighted by Crippen LogP contribution is -2.40. The summed E-state index contributed by atoms with van der Waals surface area (Å²) >= 11 is 0. The molecule has 186 valence electrons. The highest BCUT2D eigenvalue weighted by molar-refractivity contribution is 5.99. The molecule has 1 saturated heterocycles. The maximum atomic E-state index is 13.2. The summed E-state index contributed by atoms with van der Waals surface area (Å²) in [6, 6.07) is 5.58. The summed E-state index contributed by atoms with van der Waals surface area (Å²) in [5, 5.41) is 2.82. The van der Waals surface area contributed by atoms with Crippen molar-refractivity contribution in [3.8, 4) is 5.75 Å². The van der Waals surface area contributed by atoms with Crippen molar-refractivity contribution in [1.82, 2.24) is 24.8 Å². The van der Waals surface area contributed by atoms with Gasteiger partial charge in [0.1, 0.15) is 22.7 Å². The van der Waals surface area contributed by atoms with Gasteiger partial charge in [0.05, 0.1) is 18.1 Å². The van der Waals surface area contributed by atoms with Gasteiger partial charge >= 0.3 is 0 Å². The number of H-pyrrole nitrogens is 1. The predicted molar refractivity (Wildman–Crippen MR) is 134 cm³/mol. The molecule has 3 heterocycles. The molecule has 2 N–H and O–H groups in total. The molecule has 35 heavy (non-hydrogen) atoms. The Kier molecular flexibility index (Phi) is 7.53. The molecule has 0 aliphatic carbocycles. The number of pyridine rings is 1. The van der Waals surface area contributed by atoms with Gasteiger partial charge < -0.3 is 24.5 Å². The van der Waals surface area contributed by atoms with Crippen LogP contribution < -0.4 is 15.5 Å². The van der Waals surface area contributed by atoms with Crippen LogP contribution in [0.1, 0.15) is 59.7 Å². The molecule has 0 saturated carbocycles. The van der Waals surface area contributed by atoms with Crippen molar-refractivity contribution in [2.24, 2.45) is 5.92 Å². The zero-order chi connectivity index (χ0) is 24.9. The summed E-state index contributed by atoms with van der Waals surface area (Å²) in [7, 11) is 1.61. The van der Waals surface area contributed by atoms with Gasteiger partial charge in [0.2, 0.25) is 5.43 Å². The Morgan fingerprint density at radius 3 is 2.60 bits per heavy atom. The number of carbonyl (C=O) groups excluding carboxylic acids is 2. The molecule has 4 rings (SSSR count). The SMILES string of the molecule is COc1ccc2nc(CCNC(=O)c3cn(CC(C)C)cc(C(=O)N4CCCCC4)c3=O)[nH]c2c1. The van der Waals surface area contributed by atoms with Gasteiger partial charge in [-0.15, -0.1) is 0 Å². The first-order chi connectivity index (χ1) is 16.9. The zero-order valence-electron chi connectivity index (χ0n) is 20.6. The lowest BCUT2D eigenvalue weighted by atomic mass is 10.1. The number of hydrogen-bond donors (Lipinski definition) is 2. The van der Waals surface area contributed by atoms with Gasteiger partial charge in [0.15, 0.2) is 0 Å². The number of nitrogens with one attached hydrogen (secondary N) is 2. The largest absolute Gasteiger partial charge is 0.497 e. The first-order valence-electron chi connectivity index (χ1n) is 12.2. The van der Waals surface area contributed by atoms with Crippen LogP contribution in [-0.2, 0) is 13.0 Å². The second-order valence-corrected chi connectivity index (χ2v) is 9.43. The highest BCUT2D eigenvalue weighted by atomic mass is 16.5. The number of likely N-dealkylation sites (tertiary alicyclic amines) is 1. The third-order valence-electron chi connectivity index (χ3n) is 6.16. The standard InChI is InChI=1S/C26H33N5O4/c1-17(2)14-30-15-19(24(32)20(16-30)26(34)31-11-5-4-6-12-31)25(33)27-10-9-23-28-21-8-7-18(35-3)13-22(21)29-23/h7-8,13,15-17H,4-6,9-12,14H2,1-3H3,(H,27,33)(H,28,29). The second kappa shape index (κ2) is 10.8. The van der Waals surface area contributed by atoms with Gasteiger partial charge in [-0.1, -0.05) is 13.8 Å². The number of nitrogens with zero attached hydrogens (tertiary/aromatic N) is 3. The molecule has 1 fully saturated rings. The van der Waals surface area contributed by atoms with E-state index < -0.39 is 11.3 Å². The summed E-state index contributed by atoms with van der Waals surface area (Å²) in [5.41, 5.74) is 1.20. The number of fused-ring (bicyclic) bond motifs is 1. The number of imidazole rings is 1. The Labute approximate surface area is 204 Å². The van der Waals surface area contributed by atoms with Crippen molar-refractivity contribution >= 4 is 22.8 Å². The summed E-state index contributed by atoms with van der Waals surface area (Å²) in [6.07, 6.45) is 6.57. The molecule has 9 heteroatoms. The van der Waals surface area contributed by atoms with E-state index in [0.29, 0.717) is 32.6 Å². The maximum Gasteiger partial charge on any atom is 0.259 e. The monoisotopic (exact) mass is 479 g/mol. The van der Waals surface area contributed by atoms with Crippen molar-refractivity contribution in [3.05, 3.63) is 57.8 Å². The van der Waals surface area contributed by atoms with Gasteiger partial charge in [-0.2, -0.15) is 0 Å². The van der Waals surface area contributed by atoms with Gasteiger partial charge in [0.25, 0.3) is 11.8 Å². The smallest absolute Gasteiger partial charge is 0.259 e. The third kappa shape index (κ3) is 5.72. The Morgan fingerprint density at radius 2 is 1.89 bits per heavy atom. The topological polar surface area (TPSA) is 109 Å². The fraction of sp³-hybridized carbons (Fsp3) is 0.462. The van der Waals surface area contributed by atoms with E-state index in [4.69, 9.17) is 4.74 Å². The number of benzene rings is 1. The molecule has 0 radical (unpaired) electrons. The second-order valence-electron chi connectivity index (χ2n) is 9.43. The van der Waals surface area contributed by atoms with Crippen LogP contribution in [0.2, 0.25) is 0 Å². The van der Waals surface area contributed by atoms with E-state index in [1.165, 1.54) is 0 Å². The van der Waals surface area contributed by atoms with Crippen LogP contribution in [0.3, 0.4) is 0 Å². The summed E-state index contributed by atoms with van der Waals surface area (Å²) in [6.45, 7) is 6.28. The van der Waals surface area contributed by atoms with E-state index in [1.54, 1.807) is 29.0 Å². The van der Waals surface area contributed by atoms with E-state index in [0.717, 1.165) is 41.9 Å². The molecule has 2 amide bonds. The van der Waals surface area contributed by atoms with Crippen molar-refractivity contribution in [3.63, 3.8) is 0 Å². The molecule has 3 aromatic rings. The molecule has 1 aromatic carbocycles. The molecule has 0 unspecified atom stereocenters. The Bertz CT molecular complexity index is 1270. The number of hydrogen-bond acceptors (Lipinski definition) is 5. The minimum atomic E-state index is -0.520. The third-order valence-corrected chi connectivity index (χ3v) is 6.16. The van der Waals surface area contributed by atoms with Crippen LogP contribution in [0.5, 0.6) is 5.75 Å². The number of rotatable bonds is 8. The lowest BCUT2D eigenvalue weighted by Gasteiger charge is -2.27. The van der Waals surface area contributed by atoms with Gasteiger partial charge in [-0.05, 0) is 37.3 Å². The van der Waals surface area contributed by atoms with E-state index >= 15 is 0 Å².